The van der Waals surface area contributed by atoms with Crippen LogP contribution in [-0.2, 0) is 4.79 Å². The Morgan fingerprint density at radius 3 is 2.81 bits per heavy atom. The van der Waals surface area contributed by atoms with Crippen LogP contribution in [0.2, 0.25) is 0 Å². The number of hydrogen-bond donors (Lipinski definition) is 1. The van der Waals surface area contributed by atoms with Crippen LogP contribution in [-0.4, -0.2) is 10.5 Å². The molecule has 2 aromatic rings. The number of primary amides is 1. The van der Waals surface area contributed by atoms with Gasteiger partial charge in [0.2, 0.25) is 5.91 Å². The monoisotopic (exact) mass is 220 g/mol. The maximum Gasteiger partial charge on any atom is 0.420 e. The second kappa shape index (κ2) is 3.52. The fourth-order valence-electron chi connectivity index (χ4n) is 1.64. The fraction of sp³-hybridized carbons (Fsp3) is 0.273. The van der Waals surface area contributed by atoms with E-state index in [-0.39, 0.29) is 0 Å². The summed E-state index contributed by atoms with van der Waals surface area (Å²) < 4.78 is 6.29. The number of fused-ring (bicyclic) bond motifs is 1. The summed E-state index contributed by atoms with van der Waals surface area (Å²) in [4.78, 5) is 22.7. The first-order chi connectivity index (χ1) is 7.50. The number of nitrogens with zero attached hydrogens (tertiary/aromatic N) is 1. The van der Waals surface area contributed by atoms with Crippen LogP contribution in [0, 0.1) is 6.92 Å². The summed E-state index contributed by atoms with van der Waals surface area (Å²) in [6, 6.07) is 4.62. The Morgan fingerprint density at radius 1 is 1.50 bits per heavy atom. The van der Waals surface area contributed by atoms with Crippen LogP contribution in [0.25, 0.3) is 11.1 Å². The summed E-state index contributed by atoms with van der Waals surface area (Å²) in [5.41, 5.74) is 7.23. The molecule has 5 nitrogen and oxygen atoms in total. The molecule has 16 heavy (non-hydrogen) atoms. The predicted molar refractivity (Wildman–Crippen MR) is 59.1 cm³/mol. The molecule has 1 heterocycles. The third-order valence-corrected chi connectivity index (χ3v) is 2.57. The Bertz CT molecular complexity index is 609. The minimum Gasteiger partial charge on any atom is -0.408 e. The molecule has 1 unspecified atom stereocenters. The minimum absolute atomic E-state index is 0.462. The average Bonchev–Trinajstić information content (AvgIpc) is 2.52. The molecule has 0 spiro atoms. The largest absolute Gasteiger partial charge is 0.420 e. The van der Waals surface area contributed by atoms with Gasteiger partial charge in [0.1, 0.15) is 6.04 Å². The molecule has 84 valence electrons. The maximum atomic E-state index is 11.6. The summed E-state index contributed by atoms with van der Waals surface area (Å²) in [5.74, 6) is -1.13. The number of nitrogens with two attached hydrogens (primary N) is 1. The number of carbonyl (C=O) groups is 1. The van der Waals surface area contributed by atoms with E-state index in [1.165, 1.54) is 4.57 Å². The van der Waals surface area contributed by atoms with Gasteiger partial charge in [0, 0.05) is 0 Å². The van der Waals surface area contributed by atoms with Crippen molar-refractivity contribution < 1.29 is 9.21 Å². The second-order valence-corrected chi connectivity index (χ2v) is 3.79. The van der Waals surface area contributed by atoms with Gasteiger partial charge in [-0.1, -0.05) is 6.07 Å². The van der Waals surface area contributed by atoms with Gasteiger partial charge in [0.25, 0.3) is 0 Å². The molecule has 0 aliphatic rings. The molecule has 0 saturated heterocycles. The predicted octanol–water partition coefficient (Wildman–Crippen LogP) is 0.949. The van der Waals surface area contributed by atoms with Gasteiger partial charge >= 0.3 is 5.76 Å². The Morgan fingerprint density at radius 2 is 2.19 bits per heavy atom. The number of aryl methyl sites for hydroxylation is 1. The third-order valence-electron chi connectivity index (χ3n) is 2.57. The lowest BCUT2D eigenvalue weighted by atomic mass is 10.2. The van der Waals surface area contributed by atoms with Crippen molar-refractivity contribution in [3.63, 3.8) is 0 Å². The molecule has 1 amide bonds. The van der Waals surface area contributed by atoms with Crippen molar-refractivity contribution in [2.75, 3.05) is 0 Å². The molecule has 0 bridgehead atoms. The lowest BCUT2D eigenvalue weighted by Crippen LogP contribution is -2.29. The van der Waals surface area contributed by atoms with Gasteiger partial charge in [0.15, 0.2) is 5.58 Å². The summed E-state index contributed by atoms with van der Waals surface area (Å²) in [5, 5.41) is 0. The SMILES string of the molecule is Cc1ccc2oc(=O)n(C(C)C(N)=O)c2c1. The van der Waals surface area contributed by atoms with Crippen molar-refractivity contribution in [1.29, 1.82) is 0 Å². The molecular formula is C11H12N2O3. The van der Waals surface area contributed by atoms with E-state index in [1.54, 1.807) is 19.1 Å². The van der Waals surface area contributed by atoms with Crippen LogP contribution in [0.4, 0.5) is 0 Å². The van der Waals surface area contributed by atoms with Crippen molar-refractivity contribution >= 4 is 17.0 Å². The van der Waals surface area contributed by atoms with Crippen LogP contribution in [0.1, 0.15) is 18.5 Å². The Kier molecular flexibility index (Phi) is 2.30. The highest BCUT2D eigenvalue weighted by Gasteiger charge is 2.18. The Labute approximate surface area is 91.5 Å². The smallest absolute Gasteiger partial charge is 0.408 e. The number of oxazole rings is 1. The normalized spacial score (nSPS) is 12.9. The second-order valence-electron chi connectivity index (χ2n) is 3.79. The van der Waals surface area contributed by atoms with Gasteiger partial charge in [0.05, 0.1) is 5.52 Å². The average molecular weight is 220 g/mol. The van der Waals surface area contributed by atoms with Crippen molar-refractivity contribution in [1.82, 2.24) is 4.57 Å². The van der Waals surface area contributed by atoms with E-state index in [0.29, 0.717) is 11.1 Å². The molecule has 1 atom stereocenters. The highest BCUT2D eigenvalue weighted by atomic mass is 16.4. The highest BCUT2D eigenvalue weighted by molar-refractivity contribution is 5.81. The van der Waals surface area contributed by atoms with Crippen molar-refractivity contribution in [3.05, 3.63) is 34.3 Å². The molecule has 1 aromatic heterocycles. The first kappa shape index (κ1) is 10.5. The van der Waals surface area contributed by atoms with Crippen molar-refractivity contribution in [3.8, 4) is 0 Å². The Hall–Kier alpha value is -2.04. The molecule has 0 fully saturated rings. The first-order valence-electron chi connectivity index (χ1n) is 4.91. The quantitative estimate of drug-likeness (QED) is 0.818. The molecule has 5 heteroatoms. The van der Waals surface area contributed by atoms with Gasteiger partial charge in [-0.25, -0.2) is 4.79 Å². The van der Waals surface area contributed by atoms with Crippen LogP contribution in [0.5, 0.6) is 0 Å². The van der Waals surface area contributed by atoms with Gasteiger partial charge in [-0.3, -0.25) is 9.36 Å². The Balaban J connectivity index is 2.77. The number of hydrogen-bond acceptors (Lipinski definition) is 3. The third kappa shape index (κ3) is 1.50. The number of benzene rings is 1. The summed E-state index contributed by atoms with van der Waals surface area (Å²) >= 11 is 0. The zero-order chi connectivity index (χ0) is 11.9. The van der Waals surface area contributed by atoms with E-state index >= 15 is 0 Å². The van der Waals surface area contributed by atoms with Crippen LogP contribution >= 0.6 is 0 Å². The number of aromatic nitrogens is 1. The number of carbonyl (C=O) groups excluding carboxylic acids is 1. The van der Waals surface area contributed by atoms with E-state index in [4.69, 9.17) is 10.2 Å². The molecule has 0 radical (unpaired) electrons. The van der Waals surface area contributed by atoms with Gasteiger partial charge in [-0.2, -0.15) is 0 Å². The number of rotatable bonds is 2. The molecule has 0 saturated carbocycles. The standard InChI is InChI=1S/C11H12N2O3/c1-6-3-4-9-8(5-6)13(11(15)16-9)7(2)10(12)14/h3-5,7H,1-2H3,(H2,12,14). The molecule has 0 aliphatic carbocycles. The number of amides is 1. The lowest BCUT2D eigenvalue weighted by Gasteiger charge is -2.07. The lowest BCUT2D eigenvalue weighted by molar-refractivity contribution is -0.120. The van der Waals surface area contributed by atoms with E-state index in [9.17, 15) is 9.59 Å². The fourth-order valence-corrected chi connectivity index (χ4v) is 1.64. The topological polar surface area (TPSA) is 78.2 Å². The molecule has 1 aromatic carbocycles. The van der Waals surface area contributed by atoms with Crippen LogP contribution < -0.4 is 11.5 Å². The zero-order valence-electron chi connectivity index (χ0n) is 9.06. The zero-order valence-corrected chi connectivity index (χ0v) is 9.06. The van der Waals surface area contributed by atoms with Crippen molar-refractivity contribution in [2.45, 2.75) is 19.9 Å². The van der Waals surface area contributed by atoms with Gasteiger partial charge < -0.3 is 10.2 Å². The molecular weight excluding hydrogens is 208 g/mol. The van der Waals surface area contributed by atoms with Gasteiger partial charge in [-0.15, -0.1) is 0 Å². The van der Waals surface area contributed by atoms with Crippen LogP contribution in [0.3, 0.4) is 0 Å². The summed E-state index contributed by atoms with van der Waals surface area (Å²) in [6.07, 6.45) is 0. The first-order valence-corrected chi connectivity index (χ1v) is 4.91. The van der Waals surface area contributed by atoms with Crippen LogP contribution in [0.15, 0.2) is 27.4 Å². The minimum atomic E-state index is -0.712. The van der Waals surface area contributed by atoms with Crippen molar-refractivity contribution in [2.24, 2.45) is 5.73 Å². The van der Waals surface area contributed by atoms with E-state index in [0.717, 1.165) is 5.56 Å². The highest BCUT2D eigenvalue weighted by Crippen LogP contribution is 2.18. The van der Waals surface area contributed by atoms with E-state index < -0.39 is 17.7 Å². The summed E-state index contributed by atoms with van der Waals surface area (Å²) in [7, 11) is 0. The van der Waals surface area contributed by atoms with Gasteiger partial charge in [-0.05, 0) is 31.5 Å². The molecule has 2 N–H and O–H groups in total. The molecule has 2 rings (SSSR count). The summed E-state index contributed by atoms with van der Waals surface area (Å²) in [6.45, 7) is 3.47. The van der Waals surface area contributed by atoms with E-state index in [2.05, 4.69) is 0 Å². The maximum absolute atomic E-state index is 11.6. The molecule has 0 aliphatic heterocycles. The van der Waals surface area contributed by atoms with E-state index in [1.807, 2.05) is 13.0 Å².